The molecule has 1 amide bonds. The van der Waals surface area contributed by atoms with Crippen LogP contribution in [0.5, 0.6) is 0 Å². The molecule has 0 radical (unpaired) electrons. The van der Waals surface area contributed by atoms with E-state index in [9.17, 15) is 14.9 Å². The molecule has 3 atom stereocenters. The fourth-order valence-electron chi connectivity index (χ4n) is 4.60. The van der Waals surface area contributed by atoms with E-state index in [1.165, 1.54) is 0 Å². The minimum atomic E-state index is -0.992. The van der Waals surface area contributed by atoms with Gasteiger partial charge in [0.15, 0.2) is 5.78 Å². The molecule has 1 aliphatic heterocycles. The lowest BCUT2D eigenvalue weighted by Gasteiger charge is -2.49. The summed E-state index contributed by atoms with van der Waals surface area (Å²) in [5, 5.41) is 9.54. The van der Waals surface area contributed by atoms with Crippen molar-refractivity contribution in [2.24, 2.45) is 11.8 Å². The molecule has 1 aliphatic carbocycles. The van der Waals surface area contributed by atoms with Gasteiger partial charge in [0.2, 0.25) is 5.91 Å². The van der Waals surface area contributed by atoms with Gasteiger partial charge in [0, 0.05) is 18.2 Å². The number of carbonyl (C=O) groups excluding carboxylic acids is 2. The molecule has 4 rings (SSSR count). The van der Waals surface area contributed by atoms with E-state index in [-0.39, 0.29) is 29.1 Å². The molecule has 0 saturated carbocycles. The lowest BCUT2D eigenvalue weighted by Crippen LogP contribution is -2.59. The molecule has 27 heavy (non-hydrogen) atoms. The zero-order valence-electron chi connectivity index (χ0n) is 15.1. The number of nitriles is 1. The number of Topliss-reactive ketones (excluding diaryl/α,β-unsaturated/α-hetero) is 1. The van der Waals surface area contributed by atoms with E-state index < -0.39 is 5.41 Å². The minimum absolute atomic E-state index is 0.0664. The average molecular weight is 356 g/mol. The van der Waals surface area contributed by atoms with E-state index in [1.54, 1.807) is 11.0 Å². The third-order valence-corrected chi connectivity index (χ3v) is 5.94. The first-order chi connectivity index (χ1) is 13.1. The van der Waals surface area contributed by atoms with Gasteiger partial charge in [0.05, 0.1) is 11.0 Å². The maximum absolute atomic E-state index is 13.9. The van der Waals surface area contributed by atoms with Gasteiger partial charge < -0.3 is 4.90 Å². The van der Waals surface area contributed by atoms with Crippen LogP contribution in [0.15, 0.2) is 72.3 Å². The predicted octanol–water partition coefficient (Wildman–Crippen LogP) is 3.65. The lowest BCUT2D eigenvalue weighted by atomic mass is 9.57. The van der Waals surface area contributed by atoms with Crippen molar-refractivity contribution in [3.63, 3.8) is 0 Å². The molecule has 1 heterocycles. The van der Waals surface area contributed by atoms with Crippen molar-refractivity contribution >= 4 is 17.4 Å². The number of carbonyl (C=O) groups is 2. The number of amides is 1. The monoisotopic (exact) mass is 356 g/mol. The van der Waals surface area contributed by atoms with Crippen LogP contribution in [0.1, 0.15) is 18.9 Å². The smallest absolute Gasteiger partial charge is 0.241 e. The number of nitrogens with zero attached hydrogens (tertiary/aromatic N) is 2. The SMILES string of the molecule is C[C@H]1C(=O)C(C#N)=C[C@]2(c3ccccc3)C(=O)N(c3ccccc3)CC[C@@H]12. The Labute approximate surface area is 158 Å². The summed E-state index contributed by atoms with van der Waals surface area (Å²) >= 11 is 0. The van der Waals surface area contributed by atoms with Gasteiger partial charge in [-0.2, -0.15) is 5.26 Å². The van der Waals surface area contributed by atoms with Gasteiger partial charge in [0.1, 0.15) is 6.07 Å². The van der Waals surface area contributed by atoms with Gasteiger partial charge in [-0.05, 0) is 36.1 Å². The number of benzene rings is 2. The largest absolute Gasteiger partial charge is 0.311 e. The Morgan fingerprint density at radius 1 is 1.04 bits per heavy atom. The Morgan fingerprint density at radius 2 is 1.67 bits per heavy atom. The van der Waals surface area contributed by atoms with Crippen LogP contribution in [0, 0.1) is 23.2 Å². The number of fused-ring (bicyclic) bond motifs is 1. The third kappa shape index (κ3) is 2.50. The zero-order valence-corrected chi connectivity index (χ0v) is 15.1. The summed E-state index contributed by atoms with van der Waals surface area (Å²) in [6.07, 6.45) is 2.34. The van der Waals surface area contributed by atoms with Crippen LogP contribution >= 0.6 is 0 Å². The van der Waals surface area contributed by atoms with Crippen LogP contribution < -0.4 is 4.90 Å². The fourth-order valence-corrected chi connectivity index (χ4v) is 4.60. The highest BCUT2D eigenvalue weighted by atomic mass is 16.2. The van der Waals surface area contributed by atoms with Crippen LogP contribution in [-0.4, -0.2) is 18.2 Å². The topological polar surface area (TPSA) is 61.2 Å². The van der Waals surface area contributed by atoms with Gasteiger partial charge in [-0.25, -0.2) is 0 Å². The van der Waals surface area contributed by atoms with Crippen LogP contribution in [-0.2, 0) is 15.0 Å². The molecule has 1 saturated heterocycles. The second-order valence-corrected chi connectivity index (χ2v) is 7.25. The van der Waals surface area contributed by atoms with E-state index >= 15 is 0 Å². The molecule has 0 N–H and O–H groups in total. The molecule has 2 aromatic carbocycles. The Morgan fingerprint density at radius 3 is 2.30 bits per heavy atom. The number of piperidine rings is 1. The van der Waals surface area contributed by atoms with Crippen LogP contribution in [0.2, 0.25) is 0 Å². The molecule has 2 aliphatic rings. The molecule has 0 spiro atoms. The molecule has 0 bridgehead atoms. The van der Waals surface area contributed by atoms with Gasteiger partial charge in [-0.3, -0.25) is 9.59 Å². The molecule has 0 unspecified atom stereocenters. The molecule has 0 aromatic heterocycles. The number of allylic oxidation sites excluding steroid dienone is 1. The summed E-state index contributed by atoms with van der Waals surface area (Å²) in [6.45, 7) is 2.41. The molecule has 1 fully saturated rings. The average Bonchev–Trinajstić information content (AvgIpc) is 2.72. The Bertz CT molecular complexity index is 959. The minimum Gasteiger partial charge on any atom is -0.311 e. The Kier molecular flexibility index (Phi) is 4.16. The zero-order chi connectivity index (χ0) is 19.0. The van der Waals surface area contributed by atoms with Crippen molar-refractivity contribution in [1.82, 2.24) is 0 Å². The quantitative estimate of drug-likeness (QED) is 0.825. The Hall–Kier alpha value is -3.19. The summed E-state index contributed by atoms with van der Waals surface area (Å²) in [6, 6.07) is 21.2. The first-order valence-corrected chi connectivity index (χ1v) is 9.19. The summed E-state index contributed by atoms with van der Waals surface area (Å²) in [4.78, 5) is 28.3. The van der Waals surface area contributed by atoms with E-state index in [4.69, 9.17) is 0 Å². The number of hydrogen-bond acceptors (Lipinski definition) is 3. The van der Waals surface area contributed by atoms with E-state index in [0.717, 1.165) is 11.3 Å². The number of ketones is 1. The summed E-state index contributed by atoms with van der Waals surface area (Å²) in [7, 11) is 0. The highest BCUT2D eigenvalue weighted by molar-refractivity contribution is 6.10. The number of anilines is 1. The first-order valence-electron chi connectivity index (χ1n) is 9.19. The second kappa shape index (κ2) is 6.51. The van der Waals surface area contributed by atoms with Crippen molar-refractivity contribution in [3.05, 3.63) is 77.9 Å². The molecular weight excluding hydrogens is 336 g/mol. The molecule has 2 aromatic rings. The van der Waals surface area contributed by atoms with Gasteiger partial charge >= 0.3 is 0 Å². The summed E-state index contributed by atoms with van der Waals surface area (Å²) < 4.78 is 0. The third-order valence-electron chi connectivity index (χ3n) is 5.94. The predicted molar refractivity (Wildman–Crippen MR) is 103 cm³/mol. The van der Waals surface area contributed by atoms with E-state index in [0.29, 0.717) is 13.0 Å². The first kappa shape index (κ1) is 17.2. The van der Waals surface area contributed by atoms with E-state index in [2.05, 4.69) is 0 Å². The normalized spacial score (nSPS) is 27.6. The maximum Gasteiger partial charge on any atom is 0.241 e. The van der Waals surface area contributed by atoms with Gasteiger partial charge in [-0.15, -0.1) is 0 Å². The second-order valence-electron chi connectivity index (χ2n) is 7.25. The van der Waals surface area contributed by atoms with Crippen molar-refractivity contribution in [2.75, 3.05) is 11.4 Å². The molecule has 134 valence electrons. The molecule has 4 nitrogen and oxygen atoms in total. The molecular formula is C23H20N2O2. The number of hydrogen-bond donors (Lipinski definition) is 0. The number of rotatable bonds is 2. The van der Waals surface area contributed by atoms with Gasteiger partial charge in [-0.1, -0.05) is 55.5 Å². The van der Waals surface area contributed by atoms with Crippen LogP contribution in [0.4, 0.5) is 5.69 Å². The van der Waals surface area contributed by atoms with Crippen molar-refractivity contribution < 1.29 is 9.59 Å². The van der Waals surface area contributed by atoms with Crippen molar-refractivity contribution in [3.8, 4) is 6.07 Å². The van der Waals surface area contributed by atoms with Crippen molar-refractivity contribution in [1.29, 1.82) is 5.26 Å². The fraction of sp³-hybridized carbons (Fsp3) is 0.261. The summed E-state index contributed by atoms with van der Waals surface area (Å²) in [5.74, 6) is -0.748. The molecule has 4 heteroatoms. The van der Waals surface area contributed by atoms with Crippen LogP contribution in [0.3, 0.4) is 0 Å². The van der Waals surface area contributed by atoms with Crippen LogP contribution in [0.25, 0.3) is 0 Å². The lowest BCUT2D eigenvalue weighted by molar-refractivity contribution is -0.130. The highest BCUT2D eigenvalue weighted by Crippen LogP contribution is 2.49. The van der Waals surface area contributed by atoms with Crippen molar-refractivity contribution in [2.45, 2.75) is 18.8 Å². The summed E-state index contributed by atoms with van der Waals surface area (Å²) in [5.41, 5.74) is 0.777. The number of para-hydroxylation sites is 1. The maximum atomic E-state index is 13.9. The van der Waals surface area contributed by atoms with E-state index in [1.807, 2.05) is 73.7 Å². The highest BCUT2D eigenvalue weighted by Gasteiger charge is 2.56. The standard InChI is InChI=1S/C23H20N2O2/c1-16-20-12-13-25(19-10-6-3-7-11-19)22(27)23(20,14-17(15-24)21(16)26)18-8-4-2-5-9-18/h2-11,14,16,20H,12-13H2,1H3/t16-,20+,23-/m1/s1. The van der Waals surface area contributed by atoms with Gasteiger partial charge in [0.25, 0.3) is 0 Å². The Balaban J connectivity index is 1.94.